The van der Waals surface area contributed by atoms with E-state index in [0.717, 1.165) is 34.0 Å². The molecule has 2 aromatic heterocycles. The zero-order valence-electron chi connectivity index (χ0n) is 14.5. The fraction of sp³-hybridized carbons (Fsp3) is 0.143. The summed E-state index contributed by atoms with van der Waals surface area (Å²) in [5, 5.41) is 10.1. The molecule has 1 atom stereocenters. The molecule has 4 aromatic rings. The molecule has 0 unspecified atom stereocenters. The highest BCUT2D eigenvalue weighted by Crippen LogP contribution is 2.33. The van der Waals surface area contributed by atoms with Gasteiger partial charge in [0.2, 0.25) is 0 Å². The van der Waals surface area contributed by atoms with Crippen molar-refractivity contribution in [1.29, 1.82) is 0 Å². The number of imidazole rings is 2. The van der Waals surface area contributed by atoms with Gasteiger partial charge < -0.3 is 14.7 Å². The number of aryl methyl sites for hydroxylation is 1. The maximum atomic E-state index is 10.1. The summed E-state index contributed by atoms with van der Waals surface area (Å²) < 4.78 is 2.00. The minimum atomic E-state index is -0.235. The summed E-state index contributed by atoms with van der Waals surface area (Å²) in [5.41, 5.74) is 4.73. The second-order valence-corrected chi connectivity index (χ2v) is 6.24. The Morgan fingerprint density at radius 1 is 1.00 bits per heavy atom. The van der Waals surface area contributed by atoms with Crippen molar-refractivity contribution in [2.75, 3.05) is 6.61 Å². The van der Waals surface area contributed by atoms with Gasteiger partial charge in [-0.3, -0.25) is 0 Å². The van der Waals surface area contributed by atoms with Crippen LogP contribution in [0.25, 0.3) is 22.8 Å². The number of H-pyrrole nitrogens is 1. The number of aliphatic hydroxyl groups is 1. The van der Waals surface area contributed by atoms with Crippen molar-refractivity contribution >= 4 is 0 Å². The fourth-order valence-electron chi connectivity index (χ4n) is 3.20. The number of aromatic nitrogens is 4. The minimum Gasteiger partial charge on any atom is -0.394 e. The molecule has 4 rings (SSSR count). The maximum absolute atomic E-state index is 10.1. The summed E-state index contributed by atoms with van der Waals surface area (Å²) in [6, 6.07) is 19.7. The third-order valence-corrected chi connectivity index (χ3v) is 4.46. The van der Waals surface area contributed by atoms with Crippen LogP contribution in [0.1, 0.15) is 17.3 Å². The summed E-state index contributed by atoms with van der Waals surface area (Å²) >= 11 is 0. The highest BCUT2D eigenvalue weighted by atomic mass is 16.3. The first-order valence-electron chi connectivity index (χ1n) is 8.58. The normalized spacial score (nSPS) is 12.2. The summed E-state index contributed by atoms with van der Waals surface area (Å²) in [4.78, 5) is 12.5. The molecule has 0 aliphatic heterocycles. The van der Waals surface area contributed by atoms with Crippen LogP contribution in [0.3, 0.4) is 0 Å². The molecule has 2 heterocycles. The van der Waals surface area contributed by atoms with E-state index in [0.29, 0.717) is 0 Å². The molecule has 2 N–H and O–H groups in total. The van der Waals surface area contributed by atoms with Crippen LogP contribution < -0.4 is 0 Å². The van der Waals surface area contributed by atoms with Crippen LogP contribution in [-0.2, 0) is 0 Å². The molecule has 0 aliphatic rings. The van der Waals surface area contributed by atoms with Crippen LogP contribution in [0.5, 0.6) is 0 Å². The Labute approximate surface area is 152 Å². The van der Waals surface area contributed by atoms with Crippen molar-refractivity contribution in [3.8, 4) is 22.8 Å². The van der Waals surface area contributed by atoms with Crippen LogP contribution in [-0.4, -0.2) is 31.2 Å². The third kappa shape index (κ3) is 2.93. The van der Waals surface area contributed by atoms with Gasteiger partial charge in [0, 0.05) is 17.5 Å². The van der Waals surface area contributed by atoms with Crippen LogP contribution >= 0.6 is 0 Å². The first-order chi connectivity index (χ1) is 12.8. The first kappa shape index (κ1) is 16.3. The van der Waals surface area contributed by atoms with E-state index in [2.05, 4.69) is 15.0 Å². The Kier molecular flexibility index (Phi) is 4.37. The number of nitrogens with zero attached hydrogens (tertiary/aromatic N) is 3. The number of aliphatic hydroxyl groups excluding tert-OH is 1. The molecule has 0 spiro atoms. The van der Waals surface area contributed by atoms with E-state index in [-0.39, 0.29) is 12.6 Å². The van der Waals surface area contributed by atoms with E-state index < -0.39 is 0 Å². The molecule has 0 bridgehead atoms. The number of hydrogen-bond acceptors (Lipinski definition) is 3. The Morgan fingerprint density at radius 2 is 1.69 bits per heavy atom. The van der Waals surface area contributed by atoms with Crippen molar-refractivity contribution in [2.24, 2.45) is 0 Å². The molecular formula is C21H20N4O. The zero-order chi connectivity index (χ0) is 17.9. The van der Waals surface area contributed by atoms with Gasteiger partial charge in [0.1, 0.15) is 5.69 Å². The monoisotopic (exact) mass is 344 g/mol. The van der Waals surface area contributed by atoms with Crippen molar-refractivity contribution in [2.45, 2.75) is 13.0 Å². The van der Waals surface area contributed by atoms with E-state index in [1.165, 1.54) is 0 Å². The van der Waals surface area contributed by atoms with Gasteiger partial charge in [-0.15, -0.1) is 0 Å². The van der Waals surface area contributed by atoms with Gasteiger partial charge in [0.25, 0.3) is 0 Å². The summed E-state index contributed by atoms with van der Waals surface area (Å²) in [5.74, 6) is 0.744. The lowest BCUT2D eigenvalue weighted by molar-refractivity contribution is 0.250. The highest BCUT2D eigenvalue weighted by molar-refractivity contribution is 5.75. The van der Waals surface area contributed by atoms with Gasteiger partial charge in [-0.05, 0) is 12.5 Å². The SMILES string of the molecule is Cc1cnc(-c2c(-c3ccccc3)ncn2[C@H](CO)c2ccccc2)[nH]1. The Morgan fingerprint density at radius 3 is 2.31 bits per heavy atom. The van der Waals surface area contributed by atoms with Crippen molar-refractivity contribution in [3.05, 3.63) is 84.4 Å². The van der Waals surface area contributed by atoms with E-state index in [4.69, 9.17) is 0 Å². The summed E-state index contributed by atoms with van der Waals surface area (Å²) in [6.07, 6.45) is 3.58. The molecule has 0 saturated heterocycles. The average Bonchev–Trinajstić information content (AvgIpc) is 3.30. The number of nitrogens with one attached hydrogen (secondary N) is 1. The molecule has 0 aliphatic carbocycles. The molecular weight excluding hydrogens is 324 g/mol. The number of rotatable bonds is 5. The largest absolute Gasteiger partial charge is 0.394 e. The van der Waals surface area contributed by atoms with E-state index >= 15 is 0 Å². The molecule has 5 nitrogen and oxygen atoms in total. The van der Waals surface area contributed by atoms with Crippen LogP contribution in [0.4, 0.5) is 0 Å². The highest BCUT2D eigenvalue weighted by Gasteiger charge is 2.23. The molecule has 130 valence electrons. The maximum Gasteiger partial charge on any atom is 0.156 e. The Bertz CT molecular complexity index is 989. The standard InChI is InChI=1S/C21H20N4O/c1-15-12-22-21(24-15)20-19(17-10-6-3-7-11-17)23-14-25(20)18(13-26)16-8-4-2-5-9-16/h2-12,14,18,26H,13H2,1H3,(H,22,24)/t18-/m1/s1. The van der Waals surface area contributed by atoms with E-state index in [1.54, 1.807) is 12.5 Å². The van der Waals surface area contributed by atoms with Gasteiger partial charge in [-0.25, -0.2) is 9.97 Å². The van der Waals surface area contributed by atoms with Crippen molar-refractivity contribution in [3.63, 3.8) is 0 Å². The molecule has 2 aromatic carbocycles. The first-order valence-corrected chi connectivity index (χ1v) is 8.58. The Balaban J connectivity index is 1.91. The molecule has 0 amide bonds. The van der Waals surface area contributed by atoms with Gasteiger partial charge in [-0.1, -0.05) is 60.7 Å². The van der Waals surface area contributed by atoms with E-state index in [1.807, 2.05) is 72.2 Å². The number of aromatic amines is 1. The number of benzene rings is 2. The molecule has 0 saturated carbocycles. The summed E-state index contributed by atoms with van der Waals surface area (Å²) in [7, 11) is 0. The van der Waals surface area contributed by atoms with Crippen molar-refractivity contribution in [1.82, 2.24) is 19.5 Å². The topological polar surface area (TPSA) is 66.7 Å². The summed E-state index contributed by atoms with van der Waals surface area (Å²) in [6.45, 7) is 1.95. The predicted molar refractivity (Wildman–Crippen MR) is 102 cm³/mol. The van der Waals surface area contributed by atoms with Crippen LogP contribution in [0.15, 0.2) is 73.2 Å². The third-order valence-electron chi connectivity index (χ3n) is 4.46. The Hall–Kier alpha value is -3.18. The molecule has 5 heteroatoms. The van der Waals surface area contributed by atoms with Gasteiger partial charge >= 0.3 is 0 Å². The predicted octanol–water partition coefficient (Wildman–Crippen LogP) is 3.83. The molecule has 0 radical (unpaired) electrons. The minimum absolute atomic E-state index is 0.0265. The average molecular weight is 344 g/mol. The van der Waals surface area contributed by atoms with Crippen molar-refractivity contribution < 1.29 is 5.11 Å². The van der Waals surface area contributed by atoms with Crippen LogP contribution in [0.2, 0.25) is 0 Å². The lowest BCUT2D eigenvalue weighted by Gasteiger charge is -2.19. The quantitative estimate of drug-likeness (QED) is 0.578. The zero-order valence-corrected chi connectivity index (χ0v) is 14.5. The lowest BCUT2D eigenvalue weighted by atomic mass is 10.1. The van der Waals surface area contributed by atoms with Gasteiger partial charge in [0.15, 0.2) is 5.82 Å². The van der Waals surface area contributed by atoms with Gasteiger partial charge in [-0.2, -0.15) is 0 Å². The molecule has 0 fully saturated rings. The molecule has 26 heavy (non-hydrogen) atoms. The lowest BCUT2D eigenvalue weighted by Crippen LogP contribution is -2.15. The fourth-order valence-corrected chi connectivity index (χ4v) is 3.20. The number of hydrogen-bond donors (Lipinski definition) is 2. The van der Waals surface area contributed by atoms with Crippen LogP contribution in [0, 0.1) is 6.92 Å². The van der Waals surface area contributed by atoms with E-state index in [9.17, 15) is 5.11 Å². The smallest absolute Gasteiger partial charge is 0.156 e. The second kappa shape index (κ2) is 6.98. The van der Waals surface area contributed by atoms with Gasteiger partial charge in [0.05, 0.1) is 24.7 Å². The second-order valence-electron chi connectivity index (χ2n) is 6.24.